The van der Waals surface area contributed by atoms with Crippen LogP contribution in [0.15, 0.2) is 29.6 Å². The molecule has 4 nitrogen and oxygen atoms in total. The zero-order chi connectivity index (χ0) is 16.1. The topological polar surface area (TPSA) is 51.2 Å². The maximum Gasteiger partial charge on any atom is 0.306 e. The maximum atomic E-state index is 11.8. The average molecular weight is 330 g/mol. The second kappa shape index (κ2) is 7.59. The molecular weight excluding hydrogens is 308 g/mol. The van der Waals surface area contributed by atoms with Crippen LogP contribution in [0, 0.1) is 12.8 Å². The molecule has 1 fully saturated rings. The number of rotatable bonds is 6. The van der Waals surface area contributed by atoms with Gasteiger partial charge in [-0.25, -0.2) is 4.98 Å². The zero-order valence-electron chi connectivity index (χ0n) is 13.4. The number of carbonyl (C=O) groups excluding carboxylic acids is 1. The number of thiazole rings is 1. The Labute approximate surface area is 140 Å². The van der Waals surface area contributed by atoms with Gasteiger partial charge in [0.05, 0.1) is 5.69 Å². The smallest absolute Gasteiger partial charge is 0.306 e. The normalized spacial score (nSPS) is 14.8. The summed E-state index contributed by atoms with van der Waals surface area (Å²) in [5.41, 5.74) is 3.03. The summed E-state index contributed by atoms with van der Waals surface area (Å²) in [6.07, 6.45) is 5.38. The van der Waals surface area contributed by atoms with E-state index in [0.717, 1.165) is 29.4 Å². The fourth-order valence-corrected chi connectivity index (χ4v) is 3.57. The van der Waals surface area contributed by atoms with Gasteiger partial charge < -0.3 is 10.1 Å². The number of carbonyl (C=O) groups is 1. The molecule has 3 rings (SSSR count). The van der Waals surface area contributed by atoms with E-state index in [1.165, 1.54) is 29.7 Å². The summed E-state index contributed by atoms with van der Waals surface area (Å²) in [5, 5.41) is 6.01. The molecule has 0 radical (unpaired) electrons. The van der Waals surface area contributed by atoms with Crippen molar-refractivity contribution in [2.45, 2.75) is 45.6 Å². The lowest BCUT2D eigenvalue weighted by Crippen LogP contribution is -2.09. The number of hydrogen-bond donors (Lipinski definition) is 1. The molecule has 1 aromatic heterocycles. The van der Waals surface area contributed by atoms with Crippen LogP contribution < -0.4 is 5.32 Å². The van der Waals surface area contributed by atoms with Gasteiger partial charge in [-0.05, 0) is 37.8 Å². The van der Waals surface area contributed by atoms with E-state index in [4.69, 9.17) is 4.74 Å². The SMILES string of the molecule is Cc1ccc(Nc2nc(COC(=O)CC3CCCC3)cs2)cc1. The molecule has 5 heteroatoms. The Bertz CT molecular complexity index is 645. The Hall–Kier alpha value is -1.88. The van der Waals surface area contributed by atoms with E-state index in [1.54, 1.807) is 0 Å². The third-order valence-corrected chi connectivity index (χ3v) is 4.97. The molecule has 1 heterocycles. The molecule has 122 valence electrons. The minimum Gasteiger partial charge on any atom is -0.459 e. The van der Waals surface area contributed by atoms with Crippen LogP contribution in [0.1, 0.15) is 43.4 Å². The second-order valence-electron chi connectivity index (χ2n) is 6.15. The number of ether oxygens (including phenoxy) is 1. The van der Waals surface area contributed by atoms with Gasteiger partial charge in [-0.15, -0.1) is 11.3 Å². The molecular formula is C18H22N2O2S. The number of hydrogen-bond acceptors (Lipinski definition) is 5. The summed E-state index contributed by atoms with van der Waals surface area (Å²) in [5.74, 6) is 0.426. The molecule has 0 atom stereocenters. The van der Waals surface area contributed by atoms with Crippen LogP contribution >= 0.6 is 11.3 Å². The maximum absolute atomic E-state index is 11.8. The Morgan fingerprint density at radius 3 is 2.78 bits per heavy atom. The van der Waals surface area contributed by atoms with Crippen molar-refractivity contribution in [2.24, 2.45) is 5.92 Å². The van der Waals surface area contributed by atoms with Crippen molar-refractivity contribution >= 4 is 28.1 Å². The molecule has 1 aliphatic carbocycles. The number of nitrogens with zero attached hydrogens (tertiary/aromatic N) is 1. The minimum absolute atomic E-state index is 0.0991. The van der Waals surface area contributed by atoms with E-state index < -0.39 is 0 Å². The molecule has 1 N–H and O–H groups in total. The van der Waals surface area contributed by atoms with Gasteiger partial charge in [0.2, 0.25) is 0 Å². The van der Waals surface area contributed by atoms with Crippen LogP contribution in [0.25, 0.3) is 0 Å². The number of aryl methyl sites for hydroxylation is 1. The first kappa shape index (κ1) is 16.0. The quantitative estimate of drug-likeness (QED) is 0.772. The fraction of sp³-hybridized carbons (Fsp3) is 0.444. The molecule has 1 aromatic carbocycles. The number of esters is 1. The lowest BCUT2D eigenvalue weighted by Gasteiger charge is -2.07. The van der Waals surface area contributed by atoms with E-state index in [1.807, 2.05) is 17.5 Å². The highest BCUT2D eigenvalue weighted by atomic mass is 32.1. The molecule has 0 aliphatic heterocycles. The summed E-state index contributed by atoms with van der Waals surface area (Å²) in [7, 11) is 0. The summed E-state index contributed by atoms with van der Waals surface area (Å²) in [6, 6.07) is 8.17. The largest absolute Gasteiger partial charge is 0.459 e. The van der Waals surface area contributed by atoms with E-state index >= 15 is 0 Å². The first-order valence-electron chi connectivity index (χ1n) is 8.13. The first-order chi connectivity index (χ1) is 11.2. The van der Waals surface area contributed by atoms with Crippen LogP contribution in [0.4, 0.5) is 10.8 Å². The monoisotopic (exact) mass is 330 g/mol. The highest BCUT2D eigenvalue weighted by Gasteiger charge is 2.19. The molecule has 1 saturated carbocycles. The van der Waals surface area contributed by atoms with Crippen LogP contribution in [0.3, 0.4) is 0 Å². The number of benzene rings is 1. The van der Waals surface area contributed by atoms with Gasteiger partial charge in [-0.2, -0.15) is 0 Å². The van der Waals surface area contributed by atoms with Gasteiger partial charge >= 0.3 is 5.97 Å². The van der Waals surface area contributed by atoms with Crippen molar-refractivity contribution in [2.75, 3.05) is 5.32 Å². The lowest BCUT2D eigenvalue weighted by atomic mass is 10.0. The molecule has 0 saturated heterocycles. The van der Waals surface area contributed by atoms with E-state index in [-0.39, 0.29) is 12.6 Å². The van der Waals surface area contributed by atoms with E-state index in [0.29, 0.717) is 12.3 Å². The van der Waals surface area contributed by atoms with Gasteiger partial charge in [0.1, 0.15) is 6.61 Å². The van der Waals surface area contributed by atoms with Crippen LogP contribution in [0.2, 0.25) is 0 Å². The summed E-state index contributed by atoms with van der Waals surface area (Å²) in [4.78, 5) is 16.3. The highest BCUT2D eigenvalue weighted by molar-refractivity contribution is 7.13. The van der Waals surface area contributed by atoms with Crippen LogP contribution in [-0.4, -0.2) is 11.0 Å². The Balaban J connectivity index is 1.47. The second-order valence-corrected chi connectivity index (χ2v) is 7.01. The molecule has 2 aromatic rings. The number of anilines is 2. The van der Waals surface area contributed by atoms with Crippen LogP contribution in [0.5, 0.6) is 0 Å². The van der Waals surface area contributed by atoms with E-state index in [9.17, 15) is 4.79 Å². The van der Waals surface area contributed by atoms with Crippen molar-refractivity contribution < 1.29 is 9.53 Å². The van der Waals surface area contributed by atoms with Gasteiger partial charge in [0.15, 0.2) is 5.13 Å². The molecule has 0 spiro atoms. The van der Waals surface area contributed by atoms with Gasteiger partial charge in [0.25, 0.3) is 0 Å². The standard InChI is InChI=1S/C18H22N2O2S/c1-13-6-8-15(9-7-13)19-18-20-16(12-23-18)11-22-17(21)10-14-4-2-3-5-14/h6-9,12,14H,2-5,10-11H2,1H3,(H,19,20). The summed E-state index contributed by atoms with van der Waals surface area (Å²) >= 11 is 1.52. The fourth-order valence-electron chi connectivity index (χ4n) is 2.85. The van der Waals surface area contributed by atoms with Crippen molar-refractivity contribution in [3.63, 3.8) is 0 Å². The molecule has 1 aliphatic rings. The minimum atomic E-state index is -0.0991. The van der Waals surface area contributed by atoms with Crippen molar-refractivity contribution in [3.8, 4) is 0 Å². The highest BCUT2D eigenvalue weighted by Crippen LogP contribution is 2.28. The lowest BCUT2D eigenvalue weighted by molar-refractivity contribution is -0.146. The third kappa shape index (κ3) is 4.79. The van der Waals surface area contributed by atoms with E-state index in [2.05, 4.69) is 29.4 Å². The van der Waals surface area contributed by atoms with Crippen LogP contribution in [-0.2, 0) is 16.1 Å². The summed E-state index contributed by atoms with van der Waals surface area (Å²) in [6.45, 7) is 2.32. The molecule has 0 bridgehead atoms. The Kier molecular flexibility index (Phi) is 5.28. The van der Waals surface area contributed by atoms with Crippen molar-refractivity contribution in [1.82, 2.24) is 4.98 Å². The number of aromatic nitrogens is 1. The zero-order valence-corrected chi connectivity index (χ0v) is 14.2. The molecule has 0 amide bonds. The molecule has 23 heavy (non-hydrogen) atoms. The first-order valence-corrected chi connectivity index (χ1v) is 9.01. The van der Waals surface area contributed by atoms with Gasteiger partial charge in [0, 0.05) is 17.5 Å². The Morgan fingerprint density at radius 1 is 1.30 bits per heavy atom. The van der Waals surface area contributed by atoms with Gasteiger partial charge in [-0.3, -0.25) is 4.79 Å². The molecule has 0 unspecified atom stereocenters. The number of nitrogens with one attached hydrogen (secondary N) is 1. The average Bonchev–Trinajstić information content (AvgIpc) is 3.19. The summed E-state index contributed by atoms with van der Waals surface area (Å²) < 4.78 is 5.35. The van der Waals surface area contributed by atoms with Crippen molar-refractivity contribution in [1.29, 1.82) is 0 Å². The predicted octanol–water partition coefficient (Wildman–Crippen LogP) is 4.82. The Morgan fingerprint density at radius 2 is 2.04 bits per heavy atom. The van der Waals surface area contributed by atoms with Crippen molar-refractivity contribution in [3.05, 3.63) is 40.9 Å². The predicted molar refractivity (Wildman–Crippen MR) is 92.9 cm³/mol. The third-order valence-electron chi connectivity index (χ3n) is 4.17. The van der Waals surface area contributed by atoms with Gasteiger partial charge in [-0.1, -0.05) is 30.5 Å².